The predicted octanol–water partition coefficient (Wildman–Crippen LogP) is 2.47. The zero-order valence-electron chi connectivity index (χ0n) is 14.4. The van der Waals surface area contributed by atoms with E-state index < -0.39 is 10.3 Å². The molecule has 0 aromatic heterocycles. The van der Waals surface area contributed by atoms with E-state index in [1.165, 1.54) is 18.6 Å². The minimum absolute atomic E-state index is 0.0515. The lowest BCUT2D eigenvalue weighted by Gasteiger charge is -2.41. The summed E-state index contributed by atoms with van der Waals surface area (Å²) in [6, 6.07) is 6.34. The van der Waals surface area contributed by atoms with Gasteiger partial charge in [0.15, 0.2) is 0 Å². The third kappa shape index (κ3) is 3.02. The summed E-state index contributed by atoms with van der Waals surface area (Å²) in [5.41, 5.74) is 0.582. The molecule has 0 aliphatic carbocycles. The largest absolute Gasteiger partial charge is 0.342 e. The van der Waals surface area contributed by atoms with Crippen LogP contribution in [0.25, 0.3) is 0 Å². The molecule has 0 unspecified atom stereocenters. The fourth-order valence-electron chi connectivity index (χ4n) is 3.92. The molecule has 0 radical (unpaired) electrons. The van der Waals surface area contributed by atoms with E-state index in [4.69, 9.17) is 0 Å². The Kier molecular flexibility index (Phi) is 4.34. The summed E-state index contributed by atoms with van der Waals surface area (Å²) in [7, 11) is 0. The second-order valence-electron chi connectivity index (χ2n) is 7.65. The van der Waals surface area contributed by atoms with Gasteiger partial charge in [0.1, 0.15) is 0 Å². The van der Waals surface area contributed by atoms with Gasteiger partial charge in [0.2, 0.25) is 5.91 Å². The van der Waals surface area contributed by atoms with Gasteiger partial charge in [-0.1, -0.05) is 12.1 Å². The number of nitro groups is 1. The lowest BCUT2D eigenvalue weighted by atomic mass is 9.76. The molecule has 0 atom stereocenters. The molecule has 130 valence electrons. The quantitative estimate of drug-likeness (QED) is 0.682. The highest BCUT2D eigenvalue weighted by Gasteiger charge is 2.41. The number of nitrogens with zero attached hydrogens (tertiary/aromatic N) is 2. The molecular weight excluding hydrogens is 306 g/mol. The van der Waals surface area contributed by atoms with Gasteiger partial charge < -0.3 is 10.2 Å². The van der Waals surface area contributed by atoms with Crippen LogP contribution in [-0.4, -0.2) is 41.9 Å². The van der Waals surface area contributed by atoms with E-state index in [1.807, 2.05) is 18.7 Å². The number of nitro benzene ring substituents is 1. The van der Waals surface area contributed by atoms with Crippen molar-refractivity contribution in [2.45, 2.75) is 38.5 Å². The highest BCUT2D eigenvalue weighted by molar-refractivity contribution is 5.87. The molecule has 2 aliphatic rings. The smallest absolute Gasteiger partial charge is 0.269 e. The number of amides is 1. The Hall–Kier alpha value is -1.95. The number of benzene rings is 1. The summed E-state index contributed by atoms with van der Waals surface area (Å²) < 4.78 is 0. The number of carbonyl (C=O) groups excluding carboxylic acids is 1. The second kappa shape index (κ2) is 6.16. The molecule has 2 heterocycles. The van der Waals surface area contributed by atoms with Crippen molar-refractivity contribution in [1.82, 2.24) is 10.2 Å². The zero-order chi connectivity index (χ0) is 17.4. The normalized spacial score (nSPS) is 20.3. The molecule has 1 N–H and O–H groups in total. The van der Waals surface area contributed by atoms with Crippen LogP contribution in [0.5, 0.6) is 0 Å². The van der Waals surface area contributed by atoms with Gasteiger partial charge in [0, 0.05) is 31.8 Å². The van der Waals surface area contributed by atoms with Gasteiger partial charge in [0.25, 0.3) is 5.69 Å². The van der Waals surface area contributed by atoms with Crippen LogP contribution in [0.3, 0.4) is 0 Å². The van der Waals surface area contributed by atoms with Crippen molar-refractivity contribution in [2.24, 2.45) is 5.41 Å². The van der Waals surface area contributed by atoms with Crippen molar-refractivity contribution in [2.75, 3.05) is 26.2 Å². The summed E-state index contributed by atoms with van der Waals surface area (Å²) in [4.78, 5) is 25.4. The number of likely N-dealkylation sites (tertiary alicyclic amines) is 1. The van der Waals surface area contributed by atoms with E-state index in [-0.39, 0.29) is 11.6 Å². The molecule has 2 aliphatic heterocycles. The van der Waals surface area contributed by atoms with E-state index in [0.29, 0.717) is 5.41 Å². The number of non-ortho nitro benzene ring substituents is 1. The van der Waals surface area contributed by atoms with Gasteiger partial charge >= 0.3 is 0 Å². The van der Waals surface area contributed by atoms with Crippen LogP contribution in [0.2, 0.25) is 0 Å². The van der Waals surface area contributed by atoms with Gasteiger partial charge in [-0.3, -0.25) is 14.9 Å². The Bertz CT molecular complexity index is 623. The van der Waals surface area contributed by atoms with Crippen molar-refractivity contribution < 1.29 is 9.72 Å². The molecular formula is C18H25N3O3. The number of nitrogens with one attached hydrogen (secondary N) is 1. The average Bonchev–Trinajstić information content (AvgIpc) is 3.03. The third-order valence-corrected chi connectivity index (χ3v) is 5.78. The first kappa shape index (κ1) is 16.9. The number of hydrogen-bond donors (Lipinski definition) is 1. The van der Waals surface area contributed by atoms with Crippen LogP contribution < -0.4 is 5.32 Å². The Morgan fingerprint density at radius 3 is 2.33 bits per heavy atom. The summed E-state index contributed by atoms with van der Waals surface area (Å²) >= 11 is 0. The van der Waals surface area contributed by atoms with Gasteiger partial charge in [-0.05, 0) is 50.6 Å². The van der Waals surface area contributed by atoms with Crippen molar-refractivity contribution in [1.29, 1.82) is 0 Å². The molecule has 2 fully saturated rings. The SMILES string of the molecule is CC(C)(C(=O)N1CCC2(CCNC2)CC1)c1ccc([N+](=O)[O-])cc1. The molecule has 2 saturated heterocycles. The molecule has 6 heteroatoms. The minimum Gasteiger partial charge on any atom is -0.342 e. The molecule has 6 nitrogen and oxygen atoms in total. The van der Waals surface area contributed by atoms with Crippen LogP contribution in [0.1, 0.15) is 38.7 Å². The first-order chi connectivity index (χ1) is 11.3. The van der Waals surface area contributed by atoms with Crippen LogP contribution in [-0.2, 0) is 10.2 Å². The van der Waals surface area contributed by atoms with E-state index in [0.717, 1.165) is 44.6 Å². The molecule has 1 amide bonds. The summed E-state index contributed by atoms with van der Waals surface area (Å²) in [5, 5.41) is 14.2. The first-order valence-electron chi connectivity index (χ1n) is 8.59. The average molecular weight is 331 g/mol. The molecule has 0 saturated carbocycles. The second-order valence-corrected chi connectivity index (χ2v) is 7.65. The maximum absolute atomic E-state index is 13.0. The lowest BCUT2D eigenvalue weighted by Crippen LogP contribution is -2.49. The molecule has 1 spiro atoms. The van der Waals surface area contributed by atoms with Crippen LogP contribution in [0.15, 0.2) is 24.3 Å². The van der Waals surface area contributed by atoms with E-state index in [1.54, 1.807) is 12.1 Å². The van der Waals surface area contributed by atoms with Gasteiger partial charge in [0.05, 0.1) is 10.3 Å². The van der Waals surface area contributed by atoms with Crippen LogP contribution in [0.4, 0.5) is 5.69 Å². The predicted molar refractivity (Wildman–Crippen MR) is 91.9 cm³/mol. The zero-order valence-corrected chi connectivity index (χ0v) is 14.4. The highest BCUT2D eigenvalue weighted by Crippen LogP contribution is 2.38. The van der Waals surface area contributed by atoms with Crippen molar-refractivity contribution in [3.8, 4) is 0 Å². The Labute approximate surface area is 142 Å². The molecule has 0 bridgehead atoms. The minimum atomic E-state index is -0.673. The van der Waals surface area contributed by atoms with E-state index >= 15 is 0 Å². The number of carbonyl (C=O) groups is 1. The van der Waals surface area contributed by atoms with Gasteiger partial charge in [-0.25, -0.2) is 0 Å². The van der Waals surface area contributed by atoms with Crippen LogP contribution in [0, 0.1) is 15.5 Å². The van der Waals surface area contributed by atoms with E-state index in [2.05, 4.69) is 5.32 Å². The maximum atomic E-state index is 13.0. The first-order valence-corrected chi connectivity index (χ1v) is 8.59. The topological polar surface area (TPSA) is 75.5 Å². The monoisotopic (exact) mass is 331 g/mol. The number of rotatable bonds is 3. The maximum Gasteiger partial charge on any atom is 0.269 e. The fraction of sp³-hybridized carbons (Fsp3) is 0.611. The van der Waals surface area contributed by atoms with Crippen molar-refractivity contribution in [3.05, 3.63) is 39.9 Å². The highest BCUT2D eigenvalue weighted by atomic mass is 16.6. The molecule has 3 rings (SSSR count). The Morgan fingerprint density at radius 1 is 1.21 bits per heavy atom. The van der Waals surface area contributed by atoms with Crippen molar-refractivity contribution >= 4 is 11.6 Å². The van der Waals surface area contributed by atoms with Gasteiger partial charge in [-0.2, -0.15) is 0 Å². The third-order valence-electron chi connectivity index (χ3n) is 5.78. The van der Waals surface area contributed by atoms with Gasteiger partial charge in [-0.15, -0.1) is 0 Å². The molecule has 1 aromatic rings. The Balaban J connectivity index is 1.70. The fourth-order valence-corrected chi connectivity index (χ4v) is 3.92. The number of hydrogen-bond acceptors (Lipinski definition) is 4. The number of piperidine rings is 1. The van der Waals surface area contributed by atoms with Crippen molar-refractivity contribution in [3.63, 3.8) is 0 Å². The lowest BCUT2D eigenvalue weighted by molar-refractivity contribution is -0.384. The summed E-state index contributed by atoms with van der Waals surface area (Å²) in [5.74, 6) is 0.108. The van der Waals surface area contributed by atoms with E-state index in [9.17, 15) is 14.9 Å². The van der Waals surface area contributed by atoms with Crippen LogP contribution >= 0.6 is 0 Å². The summed E-state index contributed by atoms with van der Waals surface area (Å²) in [6.45, 7) is 7.56. The summed E-state index contributed by atoms with van der Waals surface area (Å²) in [6.07, 6.45) is 3.32. The molecule has 1 aromatic carbocycles. The Morgan fingerprint density at radius 2 is 1.83 bits per heavy atom. The molecule has 24 heavy (non-hydrogen) atoms. The standard InChI is InChI=1S/C18H25N3O3/c1-17(2,14-3-5-15(6-4-14)21(23)24)16(22)20-11-8-18(9-12-20)7-10-19-13-18/h3-6,19H,7-13H2,1-2H3.